The molecule has 18 heavy (non-hydrogen) atoms. The topological polar surface area (TPSA) is 28.2 Å². The van der Waals surface area contributed by atoms with Gasteiger partial charge < -0.3 is 10.2 Å². The standard InChI is InChI=1S/C15H25N3/c1-12-4-6-14(7-5-12)18(3)15-8-9-17-11-13(15)10-16-2/h8-9,11-12,14,16H,4-7,10H2,1-3H3. The molecule has 0 spiro atoms. The maximum atomic E-state index is 4.24. The van der Waals surface area contributed by atoms with E-state index in [1.807, 2.05) is 19.4 Å². The van der Waals surface area contributed by atoms with Gasteiger partial charge in [-0.3, -0.25) is 4.98 Å². The summed E-state index contributed by atoms with van der Waals surface area (Å²) in [6, 6.07) is 2.84. The highest BCUT2D eigenvalue weighted by Crippen LogP contribution is 2.30. The molecule has 1 aromatic rings. The third-order valence-corrected chi connectivity index (χ3v) is 4.16. The number of pyridine rings is 1. The van der Waals surface area contributed by atoms with Crippen molar-refractivity contribution in [1.29, 1.82) is 0 Å². The Balaban J connectivity index is 2.10. The fourth-order valence-corrected chi connectivity index (χ4v) is 2.92. The highest BCUT2D eigenvalue weighted by molar-refractivity contribution is 5.52. The second kappa shape index (κ2) is 6.19. The van der Waals surface area contributed by atoms with Crippen LogP contribution in [0.2, 0.25) is 0 Å². The molecule has 100 valence electrons. The summed E-state index contributed by atoms with van der Waals surface area (Å²) in [7, 11) is 4.22. The van der Waals surface area contributed by atoms with Crippen LogP contribution in [0, 0.1) is 5.92 Å². The molecule has 0 radical (unpaired) electrons. The van der Waals surface area contributed by atoms with Crippen LogP contribution in [0.5, 0.6) is 0 Å². The summed E-state index contributed by atoms with van der Waals surface area (Å²) in [5.41, 5.74) is 2.63. The zero-order chi connectivity index (χ0) is 13.0. The lowest BCUT2D eigenvalue weighted by molar-refractivity contribution is 0.340. The van der Waals surface area contributed by atoms with E-state index in [1.54, 1.807) is 0 Å². The van der Waals surface area contributed by atoms with Crippen LogP contribution in [0.1, 0.15) is 38.2 Å². The molecule has 1 aliphatic rings. The lowest BCUT2D eigenvalue weighted by atomic mass is 9.86. The van der Waals surface area contributed by atoms with Crippen LogP contribution in [0.15, 0.2) is 18.5 Å². The van der Waals surface area contributed by atoms with Crippen molar-refractivity contribution in [2.45, 2.75) is 45.2 Å². The number of aromatic nitrogens is 1. The number of anilines is 1. The van der Waals surface area contributed by atoms with Gasteiger partial charge in [0.25, 0.3) is 0 Å². The first-order valence-electron chi connectivity index (χ1n) is 7.02. The van der Waals surface area contributed by atoms with Crippen molar-refractivity contribution >= 4 is 5.69 Å². The second-order valence-electron chi connectivity index (χ2n) is 5.56. The Labute approximate surface area is 111 Å². The molecule has 1 saturated carbocycles. The Morgan fingerprint density at radius 1 is 1.33 bits per heavy atom. The van der Waals surface area contributed by atoms with Gasteiger partial charge in [-0.15, -0.1) is 0 Å². The summed E-state index contributed by atoms with van der Waals surface area (Å²) < 4.78 is 0. The maximum Gasteiger partial charge on any atom is 0.0442 e. The van der Waals surface area contributed by atoms with Crippen LogP contribution >= 0.6 is 0 Å². The summed E-state index contributed by atoms with van der Waals surface area (Å²) in [5, 5.41) is 3.22. The van der Waals surface area contributed by atoms with Crippen molar-refractivity contribution < 1.29 is 0 Å². The summed E-state index contributed by atoms with van der Waals surface area (Å²) in [6.07, 6.45) is 9.24. The Hall–Kier alpha value is -1.09. The molecule has 0 unspecified atom stereocenters. The zero-order valence-corrected chi connectivity index (χ0v) is 11.8. The number of nitrogens with one attached hydrogen (secondary N) is 1. The summed E-state index contributed by atoms with van der Waals surface area (Å²) in [5.74, 6) is 0.906. The third-order valence-electron chi connectivity index (χ3n) is 4.16. The fraction of sp³-hybridized carbons (Fsp3) is 0.667. The maximum absolute atomic E-state index is 4.24. The normalized spacial score (nSPS) is 23.9. The molecule has 1 aromatic heterocycles. The molecule has 0 aromatic carbocycles. The Kier molecular flexibility index (Phi) is 4.59. The van der Waals surface area contributed by atoms with E-state index in [-0.39, 0.29) is 0 Å². The Morgan fingerprint density at radius 2 is 2.06 bits per heavy atom. The molecule has 2 rings (SSSR count). The van der Waals surface area contributed by atoms with Crippen LogP contribution in [0.3, 0.4) is 0 Å². The van der Waals surface area contributed by atoms with E-state index in [1.165, 1.54) is 36.9 Å². The molecular weight excluding hydrogens is 222 g/mol. The van der Waals surface area contributed by atoms with E-state index in [0.717, 1.165) is 12.5 Å². The summed E-state index contributed by atoms with van der Waals surface area (Å²) in [6.45, 7) is 3.26. The van der Waals surface area contributed by atoms with E-state index in [4.69, 9.17) is 0 Å². The van der Waals surface area contributed by atoms with Gasteiger partial charge in [-0.25, -0.2) is 0 Å². The minimum Gasteiger partial charge on any atom is -0.371 e. The number of rotatable bonds is 4. The van der Waals surface area contributed by atoms with Gasteiger partial charge in [0.1, 0.15) is 0 Å². The van der Waals surface area contributed by atoms with Crippen LogP contribution in [-0.2, 0) is 6.54 Å². The molecule has 1 N–H and O–H groups in total. The van der Waals surface area contributed by atoms with Crippen molar-refractivity contribution in [3.8, 4) is 0 Å². The zero-order valence-electron chi connectivity index (χ0n) is 11.8. The average molecular weight is 247 g/mol. The average Bonchev–Trinajstić information content (AvgIpc) is 2.40. The van der Waals surface area contributed by atoms with Crippen molar-refractivity contribution in [3.05, 3.63) is 24.0 Å². The molecule has 0 aliphatic heterocycles. The predicted molar refractivity (Wildman–Crippen MR) is 76.8 cm³/mol. The van der Waals surface area contributed by atoms with Crippen LogP contribution < -0.4 is 10.2 Å². The monoisotopic (exact) mass is 247 g/mol. The highest BCUT2D eigenvalue weighted by Gasteiger charge is 2.22. The van der Waals surface area contributed by atoms with Gasteiger partial charge in [-0.1, -0.05) is 6.92 Å². The highest BCUT2D eigenvalue weighted by atomic mass is 15.1. The third kappa shape index (κ3) is 3.02. The first-order chi connectivity index (χ1) is 8.72. The smallest absolute Gasteiger partial charge is 0.0442 e. The van der Waals surface area contributed by atoms with Gasteiger partial charge >= 0.3 is 0 Å². The molecular formula is C15H25N3. The number of hydrogen-bond acceptors (Lipinski definition) is 3. The second-order valence-corrected chi connectivity index (χ2v) is 5.56. The predicted octanol–water partition coefficient (Wildman–Crippen LogP) is 2.82. The van der Waals surface area contributed by atoms with Gasteiger partial charge in [0.05, 0.1) is 0 Å². The van der Waals surface area contributed by atoms with E-state index >= 15 is 0 Å². The molecule has 1 aliphatic carbocycles. The lowest BCUT2D eigenvalue weighted by Gasteiger charge is -2.36. The van der Waals surface area contributed by atoms with E-state index in [9.17, 15) is 0 Å². The van der Waals surface area contributed by atoms with E-state index in [2.05, 4.69) is 35.2 Å². The van der Waals surface area contributed by atoms with E-state index < -0.39 is 0 Å². The Bertz CT molecular complexity index is 370. The van der Waals surface area contributed by atoms with Crippen molar-refractivity contribution in [2.75, 3.05) is 19.0 Å². The lowest BCUT2D eigenvalue weighted by Crippen LogP contribution is -2.35. The minimum atomic E-state index is 0.694. The first kappa shape index (κ1) is 13.3. The van der Waals surface area contributed by atoms with Gasteiger partial charge in [-0.05, 0) is 44.7 Å². The largest absolute Gasteiger partial charge is 0.371 e. The molecule has 1 heterocycles. The van der Waals surface area contributed by atoms with Gasteiger partial charge in [0.15, 0.2) is 0 Å². The summed E-state index contributed by atoms with van der Waals surface area (Å²) in [4.78, 5) is 6.70. The van der Waals surface area contributed by atoms with Crippen molar-refractivity contribution in [2.24, 2.45) is 5.92 Å². The molecule has 3 heteroatoms. The van der Waals surface area contributed by atoms with Crippen LogP contribution in [0.25, 0.3) is 0 Å². The molecule has 1 fully saturated rings. The Morgan fingerprint density at radius 3 is 2.72 bits per heavy atom. The first-order valence-corrected chi connectivity index (χ1v) is 7.02. The van der Waals surface area contributed by atoms with Crippen molar-refractivity contribution in [1.82, 2.24) is 10.3 Å². The number of nitrogens with zero attached hydrogens (tertiary/aromatic N) is 2. The SMILES string of the molecule is CNCc1cnccc1N(C)C1CCC(C)CC1. The molecule has 0 saturated heterocycles. The van der Waals surface area contributed by atoms with Gasteiger partial charge in [0, 0.05) is 43.3 Å². The van der Waals surface area contributed by atoms with Gasteiger partial charge in [0.2, 0.25) is 0 Å². The molecule has 0 bridgehead atoms. The van der Waals surface area contributed by atoms with Crippen molar-refractivity contribution in [3.63, 3.8) is 0 Å². The quantitative estimate of drug-likeness (QED) is 0.887. The van der Waals surface area contributed by atoms with Gasteiger partial charge in [-0.2, -0.15) is 0 Å². The number of hydrogen-bond donors (Lipinski definition) is 1. The van der Waals surface area contributed by atoms with Crippen LogP contribution in [-0.4, -0.2) is 25.1 Å². The van der Waals surface area contributed by atoms with E-state index in [0.29, 0.717) is 6.04 Å². The molecule has 0 atom stereocenters. The minimum absolute atomic E-state index is 0.694. The molecule has 3 nitrogen and oxygen atoms in total. The van der Waals surface area contributed by atoms with Crippen LogP contribution in [0.4, 0.5) is 5.69 Å². The fourth-order valence-electron chi connectivity index (χ4n) is 2.92. The summed E-state index contributed by atoms with van der Waals surface area (Å²) >= 11 is 0. The molecule has 0 amide bonds.